The molecule has 0 aliphatic rings. The molecule has 0 saturated heterocycles. The van der Waals surface area contributed by atoms with Crippen LogP contribution in [0.2, 0.25) is 0 Å². The number of aromatic amines is 1. The monoisotopic (exact) mass is 185 g/mol. The largest absolute Gasteiger partial charge is 0.374 e. The maximum absolute atomic E-state index is 11.0. The van der Waals surface area contributed by atoms with Crippen LogP contribution in [0.25, 0.3) is 4.96 Å². The number of nitrogens with zero attached hydrogens (tertiary/aromatic N) is 3. The van der Waals surface area contributed by atoms with Crippen molar-refractivity contribution >= 4 is 21.4 Å². The number of aromatic nitrogens is 4. The van der Waals surface area contributed by atoms with Gasteiger partial charge in [-0.15, -0.1) is 5.10 Å². The average Bonchev–Trinajstić information content (AvgIpc) is 2.29. The van der Waals surface area contributed by atoms with Gasteiger partial charge in [0.15, 0.2) is 0 Å². The van der Waals surface area contributed by atoms with Gasteiger partial charge in [-0.25, -0.2) is 9.59 Å². The van der Waals surface area contributed by atoms with Crippen molar-refractivity contribution in [1.29, 1.82) is 0 Å². The van der Waals surface area contributed by atoms with Crippen LogP contribution >= 0.6 is 11.3 Å². The van der Waals surface area contributed by atoms with Crippen LogP contribution in [0.5, 0.6) is 0 Å². The highest BCUT2D eigenvalue weighted by molar-refractivity contribution is 7.20. The highest BCUT2D eigenvalue weighted by Crippen LogP contribution is 2.09. The first-order valence-electron chi connectivity index (χ1n) is 2.92. The molecule has 8 heteroatoms. The summed E-state index contributed by atoms with van der Waals surface area (Å²) in [7, 11) is 0. The molecule has 7 nitrogen and oxygen atoms in total. The summed E-state index contributed by atoms with van der Waals surface area (Å²) in [6.07, 6.45) is 0. The molecule has 12 heavy (non-hydrogen) atoms. The molecule has 0 spiro atoms. The van der Waals surface area contributed by atoms with E-state index >= 15 is 0 Å². The molecular weight excluding hydrogens is 182 g/mol. The van der Waals surface area contributed by atoms with Gasteiger partial charge in [-0.3, -0.25) is 4.98 Å². The molecule has 2 heterocycles. The van der Waals surface area contributed by atoms with E-state index < -0.39 is 11.4 Å². The quantitative estimate of drug-likeness (QED) is 0.515. The number of H-pyrrole nitrogens is 1. The van der Waals surface area contributed by atoms with Gasteiger partial charge in [0.25, 0.3) is 0 Å². The van der Waals surface area contributed by atoms with Crippen LogP contribution in [0, 0.1) is 0 Å². The Balaban J connectivity index is 3.08. The van der Waals surface area contributed by atoms with Gasteiger partial charge in [-0.2, -0.15) is 9.50 Å². The number of hydrogen-bond donors (Lipinski definition) is 2. The van der Waals surface area contributed by atoms with E-state index in [0.717, 1.165) is 15.9 Å². The summed E-state index contributed by atoms with van der Waals surface area (Å²) in [5, 5.41) is 3.81. The van der Waals surface area contributed by atoms with Crippen molar-refractivity contribution in [1.82, 2.24) is 19.6 Å². The lowest BCUT2D eigenvalue weighted by Crippen LogP contribution is -2.27. The molecule has 0 fully saturated rings. The molecular formula is C4H3N5O2S. The van der Waals surface area contributed by atoms with Gasteiger partial charge < -0.3 is 5.73 Å². The van der Waals surface area contributed by atoms with Gasteiger partial charge in [-0.05, 0) is 0 Å². The average molecular weight is 185 g/mol. The zero-order valence-corrected chi connectivity index (χ0v) is 6.46. The Hall–Kier alpha value is -1.70. The maximum atomic E-state index is 11.0. The van der Waals surface area contributed by atoms with E-state index in [-0.39, 0.29) is 10.1 Å². The molecule has 2 aromatic rings. The molecule has 0 saturated carbocycles. The van der Waals surface area contributed by atoms with Gasteiger partial charge in [-0.1, -0.05) is 11.3 Å². The first-order chi connectivity index (χ1) is 5.66. The Bertz CT molecular complexity index is 536. The predicted molar refractivity (Wildman–Crippen MR) is 42.2 cm³/mol. The summed E-state index contributed by atoms with van der Waals surface area (Å²) in [5.74, 6) is 0. The topological polar surface area (TPSA) is 106 Å². The fraction of sp³-hybridized carbons (Fsp3) is 0. The molecule has 2 aromatic heterocycles. The summed E-state index contributed by atoms with van der Waals surface area (Å²) in [4.78, 5) is 27.3. The Morgan fingerprint density at radius 1 is 1.50 bits per heavy atom. The van der Waals surface area contributed by atoms with Crippen LogP contribution in [-0.4, -0.2) is 19.6 Å². The van der Waals surface area contributed by atoms with E-state index in [1.165, 1.54) is 0 Å². The smallest absolute Gasteiger partial charge is 0.353 e. The summed E-state index contributed by atoms with van der Waals surface area (Å²) in [6.45, 7) is 0. The summed E-state index contributed by atoms with van der Waals surface area (Å²) >= 11 is 0.979. The van der Waals surface area contributed by atoms with Gasteiger partial charge >= 0.3 is 11.4 Å². The van der Waals surface area contributed by atoms with Crippen molar-refractivity contribution in [2.24, 2.45) is 0 Å². The van der Waals surface area contributed by atoms with Crippen molar-refractivity contribution in [3.8, 4) is 0 Å². The molecule has 0 unspecified atom stereocenters. The third-order valence-corrected chi connectivity index (χ3v) is 1.92. The van der Waals surface area contributed by atoms with Crippen molar-refractivity contribution < 1.29 is 0 Å². The highest BCUT2D eigenvalue weighted by atomic mass is 32.1. The summed E-state index contributed by atoms with van der Waals surface area (Å²) < 4.78 is 0.946. The number of nitrogen functional groups attached to an aromatic ring is 1. The first kappa shape index (κ1) is 6.98. The maximum Gasteiger partial charge on any atom is 0.353 e. The van der Waals surface area contributed by atoms with Gasteiger partial charge in [0.1, 0.15) is 0 Å². The summed E-state index contributed by atoms with van der Waals surface area (Å²) in [5.41, 5.74) is 3.98. The third-order valence-electron chi connectivity index (χ3n) is 1.18. The zero-order chi connectivity index (χ0) is 8.72. The van der Waals surface area contributed by atoms with Crippen LogP contribution in [0.3, 0.4) is 0 Å². The zero-order valence-electron chi connectivity index (χ0n) is 5.64. The van der Waals surface area contributed by atoms with Gasteiger partial charge in [0.05, 0.1) is 0 Å². The predicted octanol–water partition coefficient (Wildman–Crippen LogP) is -1.58. The van der Waals surface area contributed by atoms with Crippen LogP contribution < -0.4 is 17.1 Å². The Kier molecular flexibility index (Phi) is 1.24. The number of nitrogens with one attached hydrogen (secondary N) is 1. The molecule has 3 N–H and O–H groups in total. The Labute approximate surface area is 68.5 Å². The fourth-order valence-electron chi connectivity index (χ4n) is 0.760. The molecule has 0 atom stereocenters. The Morgan fingerprint density at radius 3 is 3.00 bits per heavy atom. The third kappa shape index (κ3) is 0.889. The second kappa shape index (κ2) is 2.14. The number of hydrogen-bond acceptors (Lipinski definition) is 6. The van der Waals surface area contributed by atoms with Crippen LogP contribution in [-0.2, 0) is 0 Å². The minimum Gasteiger partial charge on any atom is -0.374 e. The van der Waals surface area contributed by atoms with E-state index in [9.17, 15) is 9.59 Å². The van der Waals surface area contributed by atoms with Crippen LogP contribution in [0.15, 0.2) is 9.59 Å². The number of anilines is 1. The number of nitrogens with two attached hydrogens (primary N) is 1. The molecule has 0 amide bonds. The van der Waals surface area contributed by atoms with E-state index in [1.807, 2.05) is 4.98 Å². The van der Waals surface area contributed by atoms with Crippen LogP contribution in [0.1, 0.15) is 0 Å². The highest BCUT2D eigenvalue weighted by Gasteiger charge is 2.03. The molecule has 0 aliphatic heterocycles. The van der Waals surface area contributed by atoms with Crippen molar-refractivity contribution in [3.63, 3.8) is 0 Å². The van der Waals surface area contributed by atoms with Crippen molar-refractivity contribution in [2.75, 3.05) is 5.73 Å². The van der Waals surface area contributed by atoms with Crippen LogP contribution in [0.4, 0.5) is 5.13 Å². The SMILES string of the molecule is Nc1nn2c(=O)[nH]c(=O)nc2s1. The molecule has 0 bridgehead atoms. The molecule has 0 aromatic carbocycles. The van der Waals surface area contributed by atoms with E-state index in [4.69, 9.17) is 5.73 Å². The van der Waals surface area contributed by atoms with E-state index in [2.05, 4.69) is 10.1 Å². The minimum atomic E-state index is -0.691. The second-order valence-corrected chi connectivity index (χ2v) is 2.97. The normalized spacial score (nSPS) is 10.7. The summed E-state index contributed by atoms with van der Waals surface area (Å²) in [6, 6.07) is 0. The van der Waals surface area contributed by atoms with E-state index in [1.54, 1.807) is 0 Å². The van der Waals surface area contributed by atoms with Crippen molar-refractivity contribution in [2.45, 2.75) is 0 Å². The Morgan fingerprint density at radius 2 is 2.25 bits per heavy atom. The second-order valence-electron chi connectivity index (χ2n) is 1.98. The lowest BCUT2D eigenvalue weighted by Gasteiger charge is -1.83. The lowest BCUT2D eigenvalue weighted by molar-refractivity contribution is 0.825. The van der Waals surface area contributed by atoms with Gasteiger partial charge in [0, 0.05) is 0 Å². The molecule has 2 rings (SSSR count). The molecule has 0 aliphatic carbocycles. The van der Waals surface area contributed by atoms with E-state index in [0.29, 0.717) is 0 Å². The molecule has 62 valence electrons. The number of rotatable bonds is 0. The minimum absolute atomic E-state index is 0.193. The van der Waals surface area contributed by atoms with Gasteiger partial charge in [0.2, 0.25) is 10.1 Å². The fourth-order valence-corrected chi connectivity index (χ4v) is 1.41. The first-order valence-corrected chi connectivity index (χ1v) is 3.74. The number of fused-ring (bicyclic) bond motifs is 1. The lowest BCUT2D eigenvalue weighted by atomic mass is 11.0. The van der Waals surface area contributed by atoms with Crippen molar-refractivity contribution in [3.05, 3.63) is 21.0 Å². The molecule has 0 radical (unpaired) electrons. The standard InChI is InChI=1S/C4H3N5O2S/c5-1-8-9-3(11)6-2(10)7-4(9)12-1/h(H2,5,8)(H,6,10,11).